The van der Waals surface area contributed by atoms with E-state index in [1.807, 2.05) is 25.7 Å². The molecule has 2 saturated heterocycles. The SMILES string of the molecule is CN(C)CC(C)(C)COc1nc(N2CC3CCC(C2)N3C(=O)OC(C)(C)C)nc2nc[nH]c12. The summed E-state index contributed by atoms with van der Waals surface area (Å²) in [5, 5.41) is 0. The van der Waals surface area contributed by atoms with Crippen LogP contribution in [0.3, 0.4) is 0 Å². The first-order valence-electron chi connectivity index (χ1n) is 11.7. The van der Waals surface area contributed by atoms with E-state index in [2.05, 4.69) is 52.7 Å². The minimum absolute atomic E-state index is 0.0426. The molecule has 33 heavy (non-hydrogen) atoms. The minimum Gasteiger partial charge on any atom is -0.475 e. The molecule has 2 aromatic heterocycles. The first-order chi connectivity index (χ1) is 15.4. The highest BCUT2D eigenvalue weighted by atomic mass is 16.6. The van der Waals surface area contributed by atoms with Crippen molar-refractivity contribution in [2.24, 2.45) is 5.41 Å². The zero-order valence-electron chi connectivity index (χ0n) is 20.9. The molecule has 2 aliphatic rings. The molecular weight excluding hydrogens is 422 g/mol. The zero-order valence-corrected chi connectivity index (χ0v) is 20.9. The van der Waals surface area contributed by atoms with E-state index in [1.54, 1.807) is 6.33 Å². The molecule has 2 fully saturated rings. The van der Waals surface area contributed by atoms with Gasteiger partial charge in [0.2, 0.25) is 11.8 Å². The highest BCUT2D eigenvalue weighted by Gasteiger charge is 2.45. The van der Waals surface area contributed by atoms with Crippen LogP contribution in [-0.2, 0) is 4.74 Å². The first-order valence-corrected chi connectivity index (χ1v) is 11.7. The van der Waals surface area contributed by atoms with Crippen molar-refractivity contribution in [3.8, 4) is 5.88 Å². The number of nitrogens with zero attached hydrogens (tertiary/aromatic N) is 6. The van der Waals surface area contributed by atoms with Gasteiger partial charge in [0, 0.05) is 25.0 Å². The molecule has 0 aliphatic carbocycles. The molecular formula is C23H37N7O3. The fourth-order valence-corrected chi connectivity index (χ4v) is 4.89. The molecule has 0 spiro atoms. The van der Waals surface area contributed by atoms with E-state index in [9.17, 15) is 4.79 Å². The lowest BCUT2D eigenvalue weighted by molar-refractivity contribution is 0.0122. The summed E-state index contributed by atoms with van der Waals surface area (Å²) in [5.74, 6) is 1.11. The van der Waals surface area contributed by atoms with Gasteiger partial charge in [0.25, 0.3) is 0 Å². The summed E-state index contributed by atoms with van der Waals surface area (Å²) in [6.45, 7) is 12.8. The molecule has 0 saturated carbocycles. The van der Waals surface area contributed by atoms with Gasteiger partial charge in [-0.1, -0.05) is 13.8 Å². The predicted octanol–water partition coefficient (Wildman–Crippen LogP) is 2.91. The van der Waals surface area contributed by atoms with Crippen molar-refractivity contribution in [2.75, 3.05) is 45.2 Å². The summed E-state index contributed by atoms with van der Waals surface area (Å²) < 4.78 is 11.9. The van der Waals surface area contributed by atoms with Gasteiger partial charge in [-0.2, -0.15) is 9.97 Å². The zero-order chi connectivity index (χ0) is 24.0. The predicted molar refractivity (Wildman–Crippen MR) is 127 cm³/mol. The van der Waals surface area contributed by atoms with Crippen molar-refractivity contribution in [1.29, 1.82) is 0 Å². The van der Waals surface area contributed by atoms with Crippen molar-refractivity contribution >= 4 is 23.2 Å². The van der Waals surface area contributed by atoms with Crippen LogP contribution in [-0.4, -0.2) is 93.9 Å². The average Bonchev–Trinajstić information content (AvgIpc) is 3.25. The third-order valence-corrected chi connectivity index (χ3v) is 5.95. The molecule has 2 bridgehead atoms. The number of hydrogen-bond donors (Lipinski definition) is 1. The Labute approximate surface area is 195 Å². The number of carbonyl (C=O) groups is 1. The Morgan fingerprint density at radius 3 is 2.42 bits per heavy atom. The van der Waals surface area contributed by atoms with E-state index in [4.69, 9.17) is 14.5 Å². The fourth-order valence-electron chi connectivity index (χ4n) is 4.89. The summed E-state index contributed by atoms with van der Waals surface area (Å²) in [4.78, 5) is 35.9. The number of anilines is 1. The third kappa shape index (κ3) is 5.31. The van der Waals surface area contributed by atoms with E-state index >= 15 is 0 Å². The largest absolute Gasteiger partial charge is 0.475 e. The van der Waals surface area contributed by atoms with Crippen molar-refractivity contribution in [2.45, 2.75) is 65.1 Å². The van der Waals surface area contributed by atoms with E-state index < -0.39 is 5.60 Å². The molecule has 10 nitrogen and oxygen atoms in total. The van der Waals surface area contributed by atoms with Crippen LogP contribution in [0.1, 0.15) is 47.5 Å². The van der Waals surface area contributed by atoms with E-state index in [-0.39, 0.29) is 23.6 Å². The molecule has 1 N–H and O–H groups in total. The van der Waals surface area contributed by atoms with Crippen molar-refractivity contribution in [1.82, 2.24) is 29.7 Å². The standard InChI is InChI=1S/C23H37N7O3/c1-22(2,3)33-21(31)30-15-8-9-16(30)11-29(10-15)20-26-18-17(24-14-25-18)19(27-20)32-13-23(4,5)12-28(6)7/h14-16H,8-13H2,1-7H3,(H,24,25,26,27). The number of nitrogens with one attached hydrogen (secondary N) is 1. The monoisotopic (exact) mass is 459 g/mol. The molecule has 10 heteroatoms. The van der Waals surface area contributed by atoms with Crippen LogP contribution in [0, 0.1) is 5.41 Å². The quantitative estimate of drug-likeness (QED) is 0.704. The van der Waals surface area contributed by atoms with Crippen LogP contribution in [0.5, 0.6) is 5.88 Å². The lowest BCUT2D eigenvalue weighted by atomic mass is 9.94. The number of carbonyl (C=O) groups excluding carboxylic acids is 1. The average molecular weight is 460 g/mol. The topological polar surface area (TPSA) is 99.7 Å². The number of aromatic nitrogens is 4. The number of fused-ring (bicyclic) bond motifs is 3. The lowest BCUT2D eigenvalue weighted by Crippen LogP contribution is -2.57. The van der Waals surface area contributed by atoms with Gasteiger partial charge in [0.05, 0.1) is 25.0 Å². The van der Waals surface area contributed by atoms with E-state index in [1.165, 1.54) is 0 Å². The normalized spacial score (nSPS) is 21.2. The number of H-pyrrole nitrogens is 1. The second kappa shape index (κ2) is 8.62. The Hall–Kier alpha value is -2.62. The maximum absolute atomic E-state index is 12.8. The van der Waals surface area contributed by atoms with Gasteiger partial charge in [-0.05, 0) is 47.7 Å². The molecule has 0 aromatic carbocycles. The molecule has 0 radical (unpaired) electrons. The van der Waals surface area contributed by atoms with Crippen molar-refractivity contribution in [3.63, 3.8) is 0 Å². The van der Waals surface area contributed by atoms with Gasteiger partial charge in [-0.15, -0.1) is 0 Å². The van der Waals surface area contributed by atoms with Gasteiger partial charge >= 0.3 is 6.09 Å². The number of piperazine rings is 1. The molecule has 2 aliphatic heterocycles. The summed E-state index contributed by atoms with van der Waals surface area (Å²) in [6, 6.07) is 0.168. The molecule has 4 heterocycles. The molecule has 1 amide bonds. The number of ether oxygens (including phenoxy) is 2. The minimum atomic E-state index is -0.506. The molecule has 182 valence electrons. The Kier molecular flexibility index (Phi) is 6.15. The molecule has 2 unspecified atom stereocenters. The Morgan fingerprint density at radius 2 is 1.82 bits per heavy atom. The van der Waals surface area contributed by atoms with Crippen LogP contribution in [0.15, 0.2) is 6.33 Å². The summed E-state index contributed by atoms with van der Waals surface area (Å²) in [5.41, 5.74) is 0.741. The number of aromatic amines is 1. The Balaban J connectivity index is 1.52. The van der Waals surface area contributed by atoms with Crippen molar-refractivity contribution in [3.05, 3.63) is 6.33 Å². The van der Waals surface area contributed by atoms with Gasteiger partial charge in [0.15, 0.2) is 5.65 Å². The number of amides is 1. The van der Waals surface area contributed by atoms with Gasteiger partial charge in [-0.25, -0.2) is 9.78 Å². The van der Waals surface area contributed by atoms with Gasteiger partial charge in [0.1, 0.15) is 11.1 Å². The smallest absolute Gasteiger partial charge is 0.410 e. The lowest BCUT2D eigenvalue weighted by Gasteiger charge is -2.41. The van der Waals surface area contributed by atoms with Crippen LogP contribution in [0.4, 0.5) is 10.7 Å². The summed E-state index contributed by atoms with van der Waals surface area (Å²) in [7, 11) is 4.12. The molecule has 4 rings (SSSR count). The molecule has 2 aromatic rings. The van der Waals surface area contributed by atoms with Crippen molar-refractivity contribution < 1.29 is 14.3 Å². The third-order valence-electron chi connectivity index (χ3n) is 5.95. The molecule has 2 atom stereocenters. The first kappa shape index (κ1) is 23.5. The van der Waals surface area contributed by atoms with Gasteiger partial charge in [-0.3, -0.25) is 4.90 Å². The number of hydrogen-bond acceptors (Lipinski definition) is 8. The van der Waals surface area contributed by atoms with Gasteiger partial charge < -0.3 is 24.3 Å². The van der Waals surface area contributed by atoms with Crippen LogP contribution in [0.2, 0.25) is 0 Å². The Morgan fingerprint density at radius 1 is 1.15 bits per heavy atom. The summed E-state index contributed by atoms with van der Waals surface area (Å²) >= 11 is 0. The maximum Gasteiger partial charge on any atom is 0.410 e. The highest BCUT2D eigenvalue weighted by Crippen LogP contribution is 2.34. The van der Waals surface area contributed by atoms with Crippen LogP contribution in [0.25, 0.3) is 11.2 Å². The van der Waals surface area contributed by atoms with Crippen LogP contribution >= 0.6 is 0 Å². The maximum atomic E-state index is 12.8. The van der Waals surface area contributed by atoms with E-state index in [0.717, 1.165) is 19.4 Å². The summed E-state index contributed by atoms with van der Waals surface area (Å²) in [6.07, 6.45) is 3.29. The Bertz CT molecular complexity index is 984. The fraction of sp³-hybridized carbons (Fsp3) is 0.739. The van der Waals surface area contributed by atoms with Crippen LogP contribution < -0.4 is 9.64 Å². The second-order valence-corrected chi connectivity index (χ2v) is 11.3. The highest BCUT2D eigenvalue weighted by molar-refractivity contribution is 5.77. The number of rotatable bonds is 6. The number of imidazole rings is 1. The van der Waals surface area contributed by atoms with E-state index in [0.29, 0.717) is 42.7 Å². The second-order valence-electron chi connectivity index (χ2n) is 11.3.